The van der Waals surface area contributed by atoms with Crippen molar-refractivity contribution in [3.63, 3.8) is 0 Å². The summed E-state index contributed by atoms with van der Waals surface area (Å²) in [7, 11) is 0. The number of aryl methyl sites for hydroxylation is 1. The first-order chi connectivity index (χ1) is 8.56. The van der Waals surface area contributed by atoms with Gasteiger partial charge in [0.25, 0.3) is 5.91 Å². The van der Waals surface area contributed by atoms with Crippen molar-refractivity contribution in [2.24, 2.45) is 0 Å². The molecule has 0 fully saturated rings. The Labute approximate surface area is 110 Å². The molecule has 0 saturated heterocycles. The SMILES string of the molecule is Cc1ccc(CNC(=O)c2ccc(Cl)cc2N)o1. The van der Waals surface area contributed by atoms with Gasteiger partial charge in [-0.3, -0.25) is 4.79 Å². The lowest BCUT2D eigenvalue weighted by atomic mass is 10.1. The number of amides is 1. The molecule has 18 heavy (non-hydrogen) atoms. The lowest BCUT2D eigenvalue weighted by molar-refractivity contribution is 0.0949. The summed E-state index contributed by atoms with van der Waals surface area (Å²) < 4.78 is 5.35. The highest BCUT2D eigenvalue weighted by Crippen LogP contribution is 2.18. The zero-order valence-corrected chi connectivity index (χ0v) is 10.6. The van der Waals surface area contributed by atoms with E-state index in [0.717, 1.165) is 5.76 Å². The molecule has 4 nitrogen and oxygen atoms in total. The first-order valence-electron chi connectivity index (χ1n) is 5.45. The number of hydrogen-bond donors (Lipinski definition) is 2. The molecule has 0 aliphatic heterocycles. The van der Waals surface area contributed by atoms with Crippen molar-refractivity contribution in [1.82, 2.24) is 5.32 Å². The molecule has 0 radical (unpaired) electrons. The predicted molar refractivity (Wildman–Crippen MR) is 70.5 cm³/mol. The Kier molecular flexibility index (Phi) is 3.58. The molecule has 94 valence electrons. The Hall–Kier alpha value is -1.94. The van der Waals surface area contributed by atoms with Crippen LogP contribution >= 0.6 is 11.6 Å². The van der Waals surface area contributed by atoms with Gasteiger partial charge >= 0.3 is 0 Å². The van der Waals surface area contributed by atoms with E-state index in [0.29, 0.717) is 28.6 Å². The number of anilines is 1. The zero-order valence-electron chi connectivity index (χ0n) is 9.87. The van der Waals surface area contributed by atoms with E-state index in [1.807, 2.05) is 19.1 Å². The van der Waals surface area contributed by atoms with E-state index < -0.39 is 0 Å². The minimum Gasteiger partial charge on any atom is -0.465 e. The molecule has 0 aliphatic rings. The molecule has 1 aromatic heterocycles. The molecule has 2 rings (SSSR count). The van der Waals surface area contributed by atoms with Crippen molar-refractivity contribution in [3.05, 3.63) is 52.4 Å². The van der Waals surface area contributed by atoms with Crippen molar-refractivity contribution >= 4 is 23.2 Å². The summed E-state index contributed by atoms with van der Waals surface area (Å²) in [6, 6.07) is 8.44. The van der Waals surface area contributed by atoms with Crippen LogP contribution in [0.2, 0.25) is 5.02 Å². The molecule has 3 N–H and O–H groups in total. The van der Waals surface area contributed by atoms with Gasteiger partial charge in [0.05, 0.1) is 12.1 Å². The van der Waals surface area contributed by atoms with Crippen molar-refractivity contribution in [3.8, 4) is 0 Å². The summed E-state index contributed by atoms with van der Waals surface area (Å²) in [5.74, 6) is 1.26. The number of benzene rings is 1. The van der Waals surface area contributed by atoms with Crippen LogP contribution in [0.15, 0.2) is 34.7 Å². The minimum absolute atomic E-state index is 0.252. The number of nitrogen functional groups attached to an aromatic ring is 1. The smallest absolute Gasteiger partial charge is 0.253 e. The van der Waals surface area contributed by atoms with Gasteiger partial charge in [-0.1, -0.05) is 11.6 Å². The number of nitrogens with one attached hydrogen (secondary N) is 1. The number of furan rings is 1. The van der Waals surface area contributed by atoms with E-state index >= 15 is 0 Å². The van der Waals surface area contributed by atoms with Gasteiger partial charge in [-0.15, -0.1) is 0 Å². The van der Waals surface area contributed by atoms with E-state index in [2.05, 4.69) is 5.32 Å². The summed E-state index contributed by atoms with van der Waals surface area (Å²) in [6.07, 6.45) is 0. The molecular formula is C13H13ClN2O2. The highest BCUT2D eigenvalue weighted by molar-refractivity contribution is 6.31. The average Bonchev–Trinajstić information content (AvgIpc) is 2.72. The van der Waals surface area contributed by atoms with E-state index in [-0.39, 0.29) is 5.91 Å². The van der Waals surface area contributed by atoms with Gasteiger partial charge in [-0.25, -0.2) is 0 Å². The van der Waals surface area contributed by atoms with E-state index in [1.165, 1.54) is 0 Å². The van der Waals surface area contributed by atoms with E-state index in [1.54, 1.807) is 18.2 Å². The molecule has 5 heteroatoms. The van der Waals surface area contributed by atoms with Crippen molar-refractivity contribution in [1.29, 1.82) is 0 Å². The van der Waals surface area contributed by atoms with Crippen LogP contribution in [-0.2, 0) is 6.54 Å². The Morgan fingerprint density at radius 1 is 1.39 bits per heavy atom. The predicted octanol–water partition coefficient (Wildman–Crippen LogP) is 2.75. The van der Waals surface area contributed by atoms with E-state index in [9.17, 15) is 4.79 Å². The normalized spacial score (nSPS) is 10.3. The second-order valence-electron chi connectivity index (χ2n) is 3.93. The fourth-order valence-corrected chi connectivity index (χ4v) is 1.76. The van der Waals surface area contributed by atoms with Crippen LogP contribution in [0.4, 0.5) is 5.69 Å². The summed E-state index contributed by atoms with van der Waals surface area (Å²) >= 11 is 5.77. The molecule has 0 unspecified atom stereocenters. The summed E-state index contributed by atoms with van der Waals surface area (Å²) in [5, 5.41) is 3.24. The van der Waals surface area contributed by atoms with Gasteiger partial charge in [0.1, 0.15) is 11.5 Å². The molecule has 1 aromatic carbocycles. The van der Waals surface area contributed by atoms with Crippen LogP contribution in [0.5, 0.6) is 0 Å². The Morgan fingerprint density at radius 2 is 2.17 bits per heavy atom. The molecule has 1 amide bonds. The molecule has 2 aromatic rings. The third-order valence-corrected chi connectivity index (χ3v) is 2.71. The van der Waals surface area contributed by atoms with Crippen LogP contribution in [0.3, 0.4) is 0 Å². The summed E-state index contributed by atoms with van der Waals surface area (Å²) in [6.45, 7) is 2.18. The first kappa shape index (κ1) is 12.5. The Bertz CT molecular complexity index is 578. The number of carbonyl (C=O) groups is 1. The minimum atomic E-state index is -0.252. The molecule has 0 spiro atoms. The lowest BCUT2D eigenvalue weighted by Gasteiger charge is -2.06. The first-order valence-corrected chi connectivity index (χ1v) is 5.82. The number of nitrogens with two attached hydrogens (primary N) is 1. The van der Waals surface area contributed by atoms with Crippen LogP contribution in [-0.4, -0.2) is 5.91 Å². The van der Waals surface area contributed by atoms with Gasteiger partial charge in [0.2, 0.25) is 0 Å². The standard InChI is InChI=1S/C13H13ClN2O2/c1-8-2-4-10(18-8)7-16-13(17)11-5-3-9(14)6-12(11)15/h2-6H,7,15H2,1H3,(H,16,17). The maximum atomic E-state index is 11.9. The number of rotatable bonds is 3. The molecule has 1 heterocycles. The van der Waals surface area contributed by atoms with Crippen LogP contribution in [0.1, 0.15) is 21.9 Å². The second kappa shape index (κ2) is 5.14. The molecule has 0 bridgehead atoms. The monoisotopic (exact) mass is 264 g/mol. The van der Waals surface area contributed by atoms with Gasteiger partial charge in [-0.2, -0.15) is 0 Å². The van der Waals surface area contributed by atoms with Gasteiger partial charge in [0, 0.05) is 10.7 Å². The zero-order chi connectivity index (χ0) is 13.1. The van der Waals surface area contributed by atoms with Crippen molar-refractivity contribution < 1.29 is 9.21 Å². The summed E-state index contributed by atoms with van der Waals surface area (Å²) in [4.78, 5) is 11.9. The average molecular weight is 265 g/mol. The summed E-state index contributed by atoms with van der Waals surface area (Å²) in [5.41, 5.74) is 6.49. The Morgan fingerprint density at radius 3 is 2.78 bits per heavy atom. The van der Waals surface area contributed by atoms with Gasteiger partial charge < -0.3 is 15.5 Å². The highest BCUT2D eigenvalue weighted by Gasteiger charge is 2.10. The van der Waals surface area contributed by atoms with Crippen LogP contribution < -0.4 is 11.1 Å². The highest BCUT2D eigenvalue weighted by atomic mass is 35.5. The molecule has 0 atom stereocenters. The molecule has 0 aliphatic carbocycles. The van der Waals surface area contributed by atoms with Gasteiger partial charge in [0.15, 0.2) is 0 Å². The number of halogens is 1. The van der Waals surface area contributed by atoms with Gasteiger partial charge in [-0.05, 0) is 37.3 Å². The number of carbonyl (C=O) groups excluding carboxylic acids is 1. The molecule has 0 saturated carbocycles. The second-order valence-corrected chi connectivity index (χ2v) is 4.36. The fraction of sp³-hybridized carbons (Fsp3) is 0.154. The quantitative estimate of drug-likeness (QED) is 0.838. The fourth-order valence-electron chi connectivity index (χ4n) is 1.58. The topological polar surface area (TPSA) is 68.3 Å². The number of hydrogen-bond acceptors (Lipinski definition) is 3. The Balaban J connectivity index is 2.03. The largest absolute Gasteiger partial charge is 0.465 e. The third-order valence-electron chi connectivity index (χ3n) is 2.48. The van der Waals surface area contributed by atoms with Crippen molar-refractivity contribution in [2.45, 2.75) is 13.5 Å². The maximum absolute atomic E-state index is 11.9. The molecular weight excluding hydrogens is 252 g/mol. The van der Waals surface area contributed by atoms with Crippen LogP contribution in [0.25, 0.3) is 0 Å². The third kappa shape index (κ3) is 2.84. The van der Waals surface area contributed by atoms with E-state index in [4.69, 9.17) is 21.8 Å². The lowest BCUT2D eigenvalue weighted by Crippen LogP contribution is -2.23. The van der Waals surface area contributed by atoms with Crippen LogP contribution in [0, 0.1) is 6.92 Å². The maximum Gasteiger partial charge on any atom is 0.253 e. The van der Waals surface area contributed by atoms with Crippen molar-refractivity contribution in [2.75, 3.05) is 5.73 Å².